The zero-order chi connectivity index (χ0) is 8.27. The quantitative estimate of drug-likeness (QED) is 0.563. The van der Waals surface area contributed by atoms with E-state index >= 15 is 0 Å². The first-order valence-electron chi connectivity index (χ1n) is 2.99. The predicted molar refractivity (Wildman–Crippen MR) is 45.8 cm³/mol. The molecule has 0 amide bonds. The van der Waals surface area contributed by atoms with Gasteiger partial charge in [-0.05, 0) is 18.2 Å². The van der Waals surface area contributed by atoms with E-state index in [-0.39, 0.29) is 11.8 Å². The Bertz CT molecular complexity index is 252. The molecule has 1 aromatic carbocycles. The number of hydrogen-bond acceptors (Lipinski definition) is 1. The number of anilines is 1. The molecule has 0 fully saturated rings. The highest BCUT2D eigenvalue weighted by Crippen LogP contribution is 2.19. The minimum absolute atomic E-state index is 0.164. The molecule has 1 N–H and O–H groups in total. The van der Waals surface area contributed by atoms with Crippen LogP contribution >= 0.6 is 23.2 Å². The molecule has 0 aromatic heterocycles. The first-order chi connectivity index (χ1) is 5.24. The van der Waals surface area contributed by atoms with E-state index in [4.69, 9.17) is 23.2 Å². The molecule has 0 saturated heterocycles. The van der Waals surface area contributed by atoms with Gasteiger partial charge in [-0.1, -0.05) is 11.6 Å². The van der Waals surface area contributed by atoms with Gasteiger partial charge in [-0.25, -0.2) is 4.39 Å². The lowest BCUT2D eigenvalue weighted by molar-refractivity contribution is 0.631. The van der Waals surface area contributed by atoms with Crippen molar-refractivity contribution in [1.29, 1.82) is 0 Å². The Balaban J connectivity index is 2.93. The van der Waals surface area contributed by atoms with Crippen molar-refractivity contribution in [2.75, 3.05) is 11.3 Å². The lowest BCUT2D eigenvalue weighted by Gasteiger charge is -2.02. The summed E-state index contributed by atoms with van der Waals surface area (Å²) in [4.78, 5) is 0. The summed E-state index contributed by atoms with van der Waals surface area (Å²) in [6, 6.07) is 4.42. The maximum Gasteiger partial charge on any atom is 0.146 e. The molecule has 1 rings (SSSR count). The average Bonchev–Trinajstić information content (AvgIpc) is 1.98. The van der Waals surface area contributed by atoms with Crippen molar-refractivity contribution < 1.29 is 4.39 Å². The van der Waals surface area contributed by atoms with Gasteiger partial charge in [0.05, 0.1) is 11.7 Å². The Labute approximate surface area is 74.1 Å². The predicted octanol–water partition coefficient (Wildman–Crippen LogP) is 3.09. The van der Waals surface area contributed by atoms with Gasteiger partial charge in [0.1, 0.15) is 5.82 Å². The normalized spacial score (nSPS) is 9.73. The van der Waals surface area contributed by atoms with Crippen molar-refractivity contribution in [3.05, 3.63) is 29.0 Å². The second-order valence-corrected chi connectivity index (χ2v) is 2.64. The number of rotatable bonds is 2. The molecule has 0 radical (unpaired) electrons. The first kappa shape index (κ1) is 8.62. The molecule has 0 spiro atoms. The highest BCUT2D eigenvalue weighted by Gasteiger charge is 1.99. The summed E-state index contributed by atoms with van der Waals surface area (Å²) in [6.07, 6.45) is 0. The maximum atomic E-state index is 12.8. The molecule has 0 heterocycles. The molecule has 60 valence electrons. The highest BCUT2D eigenvalue weighted by molar-refractivity contribution is 6.30. The molecule has 0 atom stereocenters. The van der Waals surface area contributed by atoms with Gasteiger partial charge in [0, 0.05) is 5.02 Å². The van der Waals surface area contributed by atoms with Crippen molar-refractivity contribution in [1.82, 2.24) is 0 Å². The summed E-state index contributed by atoms with van der Waals surface area (Å²) in [5.74, 6) is -0.352. The van der Waals surface area contributed by atoms with Crippen molar-refractivity contribution in [2.45, 2.75) is 0 Å². The van der Waals surface area contributed by atoms with Gasteiger partial charge < -0.3 is 5.32 Å². The average molecular weight is 194 g/mol. The Hall–Kier alpha value is -0.470. The Morgan fingerprint density at radius 2 is 2.18 bits per heavy atom. The van der Waals surface area contributed by atoms with Crippen LogP contribution in [0.4, 0.5) is 10.1 Å². The van der Waals surface area contributed by atoms with E-state index in [9.17, 15) is 4.39 Å². The molecule has 0 unspecified atom stereocenters. The SMILES string of the molecule is Fc1ccc(Cl)cc1NCCl. The summed E-state index contributed by atoms with van der Waals surface area (Å²) in [7, 11) is 0. The van der Waals surface area contributed by atoms with Crippen LogP contribution < -0.4 is 5.32 Å². The van der Waals surface area contributed by atoms with Crippen molar-refractivity contribution >= 4 is 28.9 Å². The second-order valence-electron chi connectivity index (χ2n) is 1.93. The lowest BCUT2D eigenvalue weighted by Crippen LogP contribution is -1.96. The van der Waals surface area contributed by atoms with Crippen LogP contribution in [0.2, 0.25) is 5.02 Å². The van der Waals surface area contributed by atoms with Crippen LogP contribution in [0.15, 0.2) is 18.2 Å². The van der Waals surface area contributed by atoms with E-state index < -0.39 is 0 Å². The molecule has 1 aromatic rings. The van der Waals surface area contributed by atoms with E-state index in [1.807, 2.05) is 0 Å². The third-order valence-electron chi connectivity index (χ3n) is 1.19. The first-order valence-corrected chi connectivity index (χ1v) is 3.90. The molecule has 0 bridgehead atoms. The summed E-state index contributed by atoms with van der Waals surface area (Å²) in [6.45, 7) is 0. The molecule has 0 aliphatic rings. The molecule has 11 heavy (non-hydrogen) atoms. The van der Waals surface area contributed by atoms with Crippen LogP contribution in [0.3, 0.4) is 0 Å². The van der Waals surface area contributed by atoms with Crippen LogP contribution in [0, 0.1) is 5.82 Å². The number of benzene rings is 1. The maximum absolute atomic E-state index is 12.8. The summed E-state index contributed by atoms with van der Waals surface area (Å²) >= 11 is 10.9. The molecule has 0 saturated carbocycles. The Kier molecular flexibility index (Phi) is 2.97. The molecule has 0 aliphatic carbocycles. The number of alkyl halides is 1. The minimum atomic E-state index is -0.352. The van der Waals surface area contributed by atoms with Crippen LogP contribution in [0.1, 0.15) is 0 Å². The van der Waals surface area contributed by atoms with Crippen LogP contribution in [-0.4, -0.2) is 6.00 Å². The second kappa shape index (κ2) is 3.79. The van der Waals surface area contributed by atoms with Gasteiger partial charge >= 0.3 is 0 Å². The smallest absolute Gasteiger partial charge is 0.146 e. The zero-order valence-electron chi connectivity index (χ0n) is 5.57. The van der Waals surface area contributed by atoms with Gasteiger partial charge in [-0.2, -0.15) is 0 Å². The molecule has 0 aliphatic heterocycles. The fourth-order valence-electron chi connectivity index (χ4n) is 0.705. The van der Waals surface area contributed by atoms with Gasteiger partial charge in [0.25, 0.3) is 0 Å². The standard InChI is InChI=1S/C7H6Cl2FN/c8-4-11-7-3-5(9)1-2-6(7)10/h1-3,11H,4H2. The monoisotopic (exact) mass is 193 g/mol. The summed E-state index contributed by atoms with van der Waals surface area (Å²) in [5, 5.41) is 3.11. The van der Waals surface area contributed by atoms with Crippen LogP contribution in [0.25, 0.3) is 0 Å². The Morgan fingerprint density at radius 3 is 2.82 bits per heavy atom. The Morgan fingerprint density at radius 1 is 1.45 bits per heavy atom. The number of halogens is 3. The molecular weight excluding hydrogens is 188 g/mol. The summed E-state index contributed by atoms with van der Waals surface area (Å²) in [5.41, 5.74) is 0.326. The molecular formula is C7H6Cl2FN. The van der Waals surface area contributed by atoms with Crippen molar-refractivity contribution in [3.63, 3.8) is 0 Å². The zero-order valence-corrected chi connectivity index (χ0v) is 7.08. The fraction of sp³-hybridized carbons (Fsp3) is 0.143. The summed E-state index contributed by atoms with van der Waals surface area (Å²) < 4.78 is 12.8. The topological polar surface area (TPSA) is 12.0 Å². The van der Waals surface area contributed by atoms with E-state index in [1.54, 1.807) is 0 Å². The van der Waals surface area contributed by atoms with E-state index in [0.29, 0.717) is 10.7 Å². The van der Waals surface area contributed by atoms with Crippen LogP contribution in [-0.2, 0) is 0 Å². The fourth-order valence-corrected chi connectivity index (χ4v) is 1.02. The highest BCUT2D eigenvalue weighted by atomic mass is 35.5. The van der Waals surface area contributed by atoms with E-state index in [2.05, 4.69) is 5.32 Å². The third kappa shape index (κ3) is 2.24. The number of hydrogen-bond donors (Lipinski definition) is 1. The molecule has 4 heteroatoms. The van der Waals surface area contributed by atoms with Gasteiger partial charge in [-0.15, -0.1) is 11.6 Å². The minimum Gasteiger partial charge on any atom is -0.369 e. The van der Waals surface area contributed by atoms with Gasteiger partial charge in [-0.3, -0.25) is 0 Å². The van der Waals surface area contributed by atoms with Crippen molar-refractivity contribution in [3.8, 4) is 0 Å². The lowest BCUT2D eigenvalue weighted by atomic mass is 10.3. The third-order valence-corrected chi connectivity index (χ3v) is 1.55. The van der Waals surface area contributed by atoms with E-state index in [1.165, 1.54) is 18.2 Å². The van der Waals surface area contributed by atoms with Gasteiger partial charge in [0.2, 0.25) is 0 Å². The van der Waals surface area contributed by atoms with Crippen LogP contribution in [0.5, 0.6) is 0 Å². The largest absolute Gasteiger partial charge is 0.369 e. The number of nitrogens with one attached hydrogen (secondary N) is 1. The van der Waals surface area contributed by atoms with Gasteiger partial charge in [0.15, 0.2) is 0 Å². The van der Waals surface area contributed by atoms with E-state index in [0.717, 1.165) is 0 Å². The molecule has 1 nitrogen and oxygen atoms in total. The van der Waals surface area contributed by atoms with Crippen molar-refractivity contribution in [2.24, 2.45) is 0 Å².